The molecule has 1 rings (SSSR count). The van der Waals surface area contributed by atoms with E-state index in [2.05, 4.69) is 10.3 Å². The molecule has 0 atom stereocenters. The fourth-order valence-corrected chi connectivity index (χ4v) is 1.06. The SMILES string of the molecule is N#CCc1nnn(CCO)c1C(F)F. The highest BCUT2D eigenvalue weighted by Gasteiger charge is 2.20. The molecule has 14 heavy (non-hydrogen) atoms. The molecule has 0 bridgehead atoms. The zero-order chi connectivity index (χ0) is 10.6. The van der Waals surface area contributed by atoms with Crippen molar-refractivity contribution in [3.63, 3.8) is 0 Å². The van der Waals surface area contributed by atoms with E-state index in [4.69, 9.17) is 10.4 Å². The number of rotatable bonds is 4. The summed E-state index contributed by atoms with van der Waals surface area (Å²) in [5.74, 6) is 0. The van der Waals surface area contributed by atoms with Crippen molar-refractivity contribution in [1.29, 1.82) is 5.26 Å². The molecule has 1 N–H and O–H groups in total. The number of aromatic nitrogens is 3. The van der Waals surface area contributed by atoms with Crippen LogP contribution in [0.1, 0.15) is 17.8 Å². The molecule has 0 aromatic carbocycles. The molecule has 76 valence electrons. The second kappa shape index (κ2) is 4.62. The molecule has 5 nitrogen and oxygen atoms in total. The Morgan fingerprint density at radius 1 is 1.57 bits per heavy atom. The van der Waals surface area contributed by atoms with Crippen LogP contribution >= 0.6 is 0 Å². The fraction of sp³-hybridized carbons (Fsp3) is 0.571. The number of nitrogens with zero attached hydrogens (tertiary/aromatic N) is 4. The Kier molecular flexibility index (Phi) is 3.48. The van der Waals surface area contributed by atoms with Gasteiger partial charge in [0, 0.05) is 0 Å². The summed E-state index contributed by atoms with van der Waals surface area (Å²) >= 11 is 0. The predicted molar refractivity (Wildman–Crippen MR) is 41.4 cm³/mol. The summed E-state index contributed by atoms with van der Waals surface area (Å²) in [6.07, 6.45) is -2.94. The Morgan fingerprint density at radius 3 is 2.79 bits per heavy atom. The minimum absolute atomic E-state index is 0.0315. The molecule has 0 unspecified atom stereocenters. The highest BCUT2D eigenvalue weighted by molar-refractivity contribution is 5.15. The first-order valence-corrected chi connectivity index (χ1v) is 3.89. The van der Waals surface area contributed by atoms with Crippen molar-refractivity contribution < 1.29 is 13.9 Å². The third-order valence-electron chi connectivity index (χ3n) is 1.61. The molecule has 0 amide bonds. The summed E-state index contributed by atoms with van der Waals surface area (Å²) in [6, 6.07) is 1.72. The van der Waals surface area contributed by atoms with Crippen LogP contribution in [-0.2, 0) is 13.0 Å². The summed E-state index contributed by atoms with van der Waals surface area (Å²) in [7, 11) is 0. The van der Waals surface area contributed by atoms with Crippen molar-refractivity contribution in [2.75, 3.05) is 6.61 Å². The number of alkyl halides is 2. The molecule has 0 spiro atoms. The molecule has 7 heteroatoms. The molecule has 0 saturated carbocycles. The van der Waals surface area contributed by atoms with Gasteiger partial charge in [0.15, 0.2) is 0 Å². The van der Waals surface area contributed by atoms with Gasteiger partial charge in [-0.3, -0.25) is 0 Å². The third-order valence-corrected chi connectivity index (χ3v) is 1.61. The number of hydrogen-bond acceptors (Lipinski definition) is 4. The van der Waals surface area contributed by atoms with E-state index < -0.39 is 6.43 Å². The van der Waals surface area contributed by atoms with Crippen molar-refractivity contribution in [3.05, 3.63) is 11.4 Å². The smallest absolute Gasteiger partial charge is 0.281 e. The topological polar surface area (TPSA) is 74.7 Å². The van der Waals surface area contributed by atoms with Gasteiger partial charge in [-0.05, 0) is 0 Å². The maximum atomic E-state index is 12.5. The number of aliphatic hydroxyl groups is 1. The monoisotopic (exact) mass is 202 g/mol. The molecular weight excluding hydrogens is 194 g/mol. The zero-order valence-electron chi connectivity index (χ0n) is 7.19. The Bertz CT molecular complexity index is 344. The van der Waals surface area contributed by atoms with E-state index in [0.717, 1.165) is 4.68 Å². The minimum Gasteiger partial charge on any atom is -0.394 e. The standard InChI is InChI=1S/C7H8F2N4O/c8-7(9)6-5(1-2-10)11-12-13(6)3-4-14/h7,14H,1,3-4H2. The number of nitriles is 1. The first-order valence-electron chi connectivity index (χ1n) is 3.89. The molecule has 0 fully saturated rings. The van der Waals surface area contributed by atoms with E-state index in [9.17, 15) is 8.78 Å². The predicted octanol–water partition coefficient (Wildman–Crippen LogP) is 0.274. The van der Waals surface area contributed by atoms with Crippen LogP contribution in [0, 0.1) is 11.3 Å². The van der Waals surface area contributed by atoms with Crippen LogP contribution in [0.25, 0.3) is 0 Å². The van der Waals surface area contributed by atoms with Gasteiger partial charge in [-0.15, -0.1) is 5.10 Å². The lowest BCUT2D eigenvalue weighted by Crippen LogP contribution is -2.09. The average Bonchev–Trinajstić information content (AvgIpc) is 2.49. The fourth-order valence-electron chi connectivity index (χ4n) is 1.06. The van der Waals surface area contributed by atoms with Crippen LogP contribution in [0.5, 0.6) is 0 Å². The van der Waals surface area contributed by atoms with Gasteiger partial charge in [0.2, 0.25) is 0 Å². The Morgan fingerprint density at radius 2 is 2.29 bits per heavy atom. The Hall–Kier alpha value is -1.55. The van der Waals surface area contributed by atoms with Crippen LogP contribution < -0.4 is 0 Å². The number of hydrogen-bond donors (Lipinski definition) is 1. The van der Waals surface area contributed by atoms with E-state index in [-0.39, 0.29) is 31.0 Å². The lowest BCUT2D eigenvalue weighted by Gasteiger charge is -2.03. The van der Waals surface area contributed by atoms with Crippen molar-refractivity contribution in [1.82, 2.24) is 15.0 Å². The van der Waals surface area contributed by atoms with Crippen LogP contribution in [0.2, 0.25) is 0 Å². The summed E-state index contributed by atoms with van der Waals surface area (Å²) in [4.78, 5) is 0. The largest absolute Gasteiger partial charge is 0.394 e. The number of aliphatic hydroxyl groups excluding tert-OH is 1. The summed E-state index contributed by atoms with van der Waals surface area (Å²) in [6.45, 7) is -0.340. The van der Waals surface area contributed by atoms with Crippen LogP contribution in [-0.4, -0.2) is 26.7 Å². The molecule has 0 aliphatic heterocycles. The van der Waals surface area contributed by atoms with Crippen molar-refractivity contribution in [2.24, 2.45) is 0 Å². The highest BCUT2D eigenvalue weighted by Crippen LogP contribution is 2.21. The van der Waals surface area contributed by atoms with Gasteiger partial charge in [-0.25, -0.2) is 13.5 Å². The average molecular weight is 202 g/mol. The molecule has 0 saturated heterocycles. The molecule has 0 radical (unpaired) electrons. The summed E-state index contributed by atoms with van der Waals surface area (Å²) < 4.78 is 25.9. The third kappa shape index (κ3) is 2.03. The van der Waals surface area contributed by atoms with Crippen molar-refractivity contribution in [2.45, 2.75) is 19.4 Å². The minimum atomic E-state index is -2.74. The maximum Gasteiger partial charge on any atom is 0.281 e. The normalized spacial score (nSPS) is 10.5. The molecular formula is C7H8F2N4O. The van der Waals surface area contributed by atoms with E-state index >= 15 is 0 Å². The maximum absolute atomic E-state index is 12.5. The van der Waals surface area contributed by atoms with Gasteiger partial charge in [0.1, 0.15) is 11.4 Å². The van der Waals surface area contributed by atoms with Crippen LogP contribution in [0.3, 0.4) is 0 Å². The molecule has 1 aromatic rings. The summed E-state index contributed by atoms with van der Waals surface area (Å²) in [5.41, 5.74) is -0.420. The molecule has 0 aliphatic rings. The van der Waals surface area contributed by atoms with Crippen LogP contribution in [0.4, 0.5) is 8.78 Å². The van der Waals surface area contributed by atoms with Gasteiger partial charge in [-0.2, -0.15) is 5.26 Å². The lowest BCUT2D eigenvalue weighted by molar-refractivity contribution is 0.135. The van der Waals surface area contributed by atoms with Gasteiger partial charge in [-0.1, -0.05) is 5.21 Å². The highest BCUT2D eigenvalue weighted by atomic mass is 19.3. The van der Waals surface area contributed by atoms with Gasteiger partial charge < -0.3 is 5.11 Å². The van der Waals surface area contributed by atoms with Gasteiger partial charge in [0.05, 0.1) is 25.6 Å². The quantitative estimate of drug-likeness (QED) is 0.760. The van der Waals surface area contributed by atoms with Crippen LogP contribution in [0.15, 0.2) is 0 Å². The first kappa shape index (κ1) is 10.5. The zero-order valence-corrected chi connectivity index (χ0v) is 7.19. The second-order valence-electron chi connectivity index (χ2n) is 2.50. The molecule has 1 heterocycles. The lowest BCUT2D eigenvalue weighted by atomic mass is 10.2. The van der Waals surface area contributed by atoms with Gasteiger partial charge >= 0.3 is 0 Å². The first-order chi connectivity index (χ1) is 6.70. The molecule has 1 aromatic heterocycles. The van der Waals surface area contributed by atoms with E-state index in [1.54, 1.807) is 6.07 Å². The van der Waals surface area contributed by atoms with Crippen molar-refractivity contribution >= 4 is 0 Å². The second-order valence-corrected chi connectivity index (χ2v) is 2.50. The Labute approximate surface area is 78.6 Å². The molecule has 0 aliphatic carbocycles. The van der Waals surface area contributed by atoms with E-state index in [1.807, 2.05) is 0 Å². The van der Waals surface area contributed by atoms with Gasteiger partial charge in [0.25, 0.3) is 6.43 Å². The summed E-state index contributed by atoms with van der Waals surface area (Å²) in [5, 5.41) is 23.8. The van der Waals surface area contributed by atoms with E-state index in [0.29, 0.717) is 0 Å². The number of halogens is 2. The Balaban J connectivity index is 3.01. The van der Waals surface area contributed by atoms with Crippen molar-refractivity contribution in [3.8, 4) is 6.07 Å². The van der Waals surface area contributed by atoms with E-state index in [1.165, 1.54) is 0 Å².